The van der Waals surface area contributed by atoms with Crippen molar-refractivity contribution in [1.29, 1.82) is 5.26 Å². The summed E-state index contributed by atoms with van der Waals surface area (Å²) in [6.45, 7) is 1.65. The molecule has 0 aliphatic heterocycles. The topological polar surface area (TPSA) is 90.0 Å². The van der Waals surface area contributed by atoms with Crippen molar-refractivity contribution < 1.29 is 10.0 Å². The van der Waals surface area contributed by atoms with Gasteiger partial charge in [0.25, 0.3) is 0 Å². The summed E-state index contributed by atoms with van der Waals surface area (Å²) in [5, 5.41) is 25.9. The van der Waals surface area contributed by atoms with E-state index in [2.05, 4.69) is 9.97 Å². The van der Waals surface area contributed by atoms with Crippen molar-refractivity contribution in [2.75, 3.05) is 0 Å². The van der Waals surface area contributed by atoms with Crippen LogP contribution in [0.25, 0.3) is 0 Å². The van der Waals surface area contributed by atoms with Crippen molar-refractivity contribution in [3.8, 4) is 6.07 Å². The molecule has 1 aromatic heterocycles. The molecular formula is C6H6BN3O2. The molecule has 0 fully saturated rings. The second-order valence-electron chi connectivity index (χ2n) is 2.24. The summed E-state index contributed by atoms with van der Waals surface area (Å²) in [5.74, 6) is -0.0573. The number of nitriles is 1. The van der Waals surface area contributed by atoms with Crippen LogP contribution in [0.2, 0.25) is 0 Å². The van der Waals surface area contributed by atoms with Crippen LogP contribution in [0.15, 0.2) is 6.07 Å². The normalized spacial score (nSPS) is 9.17. The lowest BCUT2D eigenvalue weighted by Gasteiger charge is -1.99. The van der Waals surface area contributed by atoms with Crippen LogP contribution < -0.4 is 5.59 Å². The molecule has 1 aromatic rings. The summed E-state index contributed by atoms with van der Waals surface area (Å²) in [7, 11) is -1.65. The van der Waals surface area contributed by atoms with Gasteiger partial charge in [-0.1, -0.05) is 0 Å². The van der Waals surface area contributed by atoms with Crippen molar-refractivity contribution >= 4 is 12.7 Å². The Morgan fingerprint density at radius 1 is 1.50 bits per heavy atom. The van der Waals surface area contributed by atoms with Crippen LogP contribution in [0.4, 0.5) is 0 Å². The minimum absolute atomic E-state index is 0.0408. The van der Waals surface area contributed by atoms with Gasteiger partial charge in [0.1, 0.15) is 6.07 Å². The molecule has 0 spiro atoms. The molecule has 0 saturated heterocycles. The average Bonchev–Trinajstić information content (AvgIpc) is 2.03. The molecule has 5 nitrogen and oxygen atoms in total. The lowest BCUT2D eigenvalue weighted by molar-refractivity contribution is 0.424. The minimum atomic E-state index is -1.65. The number of nitrogens with zero attached hydrogens (tertiary/aromatic N) is 3. The Balaban J connectivity index is 3.17. The van der Waals surface area contributed by atoms with Gasteiger partial charge < -0.3 is 10.0 Å². The summed E-state index contributed by atoms with van der Waals surface area (Å²) in [4.78, 5) is 7.32. The Labute approximate surface area is 69.5 Å². The summed E-state index contributed by atoms with van der Waals surface area (Å²) < 4.78 is 0. The predicted molar refractivity (Wildman–Crippen MR) is 41.3 cm³/mol. The SMILES string of the molecule is Cc1cc(B(O)O)nc(C#N)n1. The van der Waals surface area contributed by atoms with Gasteiger partial charge in [-0.2, -0.15) is 5.26 Å². The number of hydrogen-bond acceptors (Lipinski definition) is 5. The third-order valence-corrected chi connectivity index (χ3v) is 1.24. The van der Waals surface area contributed by atoms with E-state index in [-0.39, 0.29) is 11.4 Å². The number of hydrogen-bond donors (Lipinski definition) is 2. The van der Waals surface area contributed by atoms with E-state index in [0.717, 1.165) is 0 Å². The molecule has 1 rings (SSSR count). The molecular weight excluding hydrogens is 157 g/mol. The van der Waals surface area contributed by atoms with E-state index >= 15 is 0 Å². The fourth-order valence-electron chi connectivity index (χ4n) is 0.775. The number of aryl methyl sites for hydroxylation is 1. The third kappa shape index (κ3) is 1.78. The van der Waals surface area contributed by atoms with E-state index in [1.807, 2.05) is 0 Å². The fourth-order valence-corrected chi connectivity index (χ4v) is 0.775. The van der Waals surface area contributed by atoms with Gasteiger partial charge in [-0.25, -0.2) is 9.97 Å². The highest BCUT2D eigenvalue weighted by Gasteiger charge is 2.14. The molecule has 0 bridgehead atoms. The zero-order valence-electron chi connectivity index (χ0n) is 6.39. The fraction of sp³-hybridized carbons (Fsp3) is 0.167. The maximum atomic E-state index is 8.72. The molecule has 6 heteroatoms. The number of rotatable bonds is 1. The highest BCUT2D eigenvalue weighted by Crippen LogP contribution is 1.90. The molecule has 0 radical (unpaired) electrons. The van der Waals surface area contributed by atoms with Crippen LogP contribution in [0.1, 0.15) is 11.5 Å². The quantitative estimate of drug-likeness (QED) is 0.483. The zero-order chi connectivity index (χ0) is 9.14. The second kappa shape index (κ2) is 3.30. The maximum absolute atomic E-state index is 8.72. The molecule has 12 heavy (non-hydrogen) atoms. The van der Waals surface area contributed by atoms with Crippen LogP contribution in [0.3, 0.4) is 0 Å². The van der Waals surface area contributed by atoms with E-state index in [1.165, 1.54) is 6.07 Å². The first-order valence-electron chi connectivity index (χ1n) is 3.25. The summed E-state index contributed by atoms with van der Waals surface area (Å²) in [6.07, 6.45) is 0. The lowest BCUT2D eigenvalue weighted by atomic mass is 9.85. The predicted octanol–water partition coefficient (Wildman–Crippen LogP) is -1.66. The van der Waals surface area contributed by atoms with E-state index < -0.39 is 7.12 Å². The largest absolute Gasteiger partial charge is 0.508 e. The molecule has 0 unspecified atom stereocenters. The summed E-state index contributed by atoms with van der Waals surface area (Å²) in [5.41, 5.74) is 0.573. The third-order valence-electron chi connectivity index (χ3n) is 1.24. The van der Waals surface area contributed by atoms with Crippen LogP contribution >= 0.6 is 0 Å². The Kier molecular flexibility index (Phi) is 2.38. The monoisotopic (exact) mass is 163 g/mol. The van der Waals surface area contributed by atoms with Gasteiger partial charge in [-0.15, -0.1) is 0 Å². The molecule has 2 N–H and O–H groups in total. The highest BCUT2D eigenvalue weighted by molar-refractivity contribution is 6.57. The van der Waals surface area contributed by atoms with Crippen LogP contribution in [-0.4, -0.2) is 27.1 Å². The van der Waals surface area contributed by atoms with Gasteiger partial charge in [-0.05, 0) is 13.0 Å². The van der Waals surface area contributed by atoms with E-state index in [4.69, 9.17) is 15.3 Å². The Bertz CT molecular complexity index is 334. The Morgan fingerprint density at radius 2 is 2.17 bits per heavy atom. The first kappa shape index (κ1) is 8.65. The lowest BCUT2D eigenvalue weighted by Crippen LogP contribution is -2.33. The molecule has 60 valence electrons. The van der Waals surface area contributed by atoms with Crippen molar-refractivity contribution in [1.82, 2.24) is 9.97 Å². The van der Waals surface area contributed by atoms with E-state index in [0.29, 0.717) is 5.69 Å². The van der Waals surface area contributed by atoms with Gasteiger partial charge in [0.15, 0.2) is 0 Å². The van der Waals surface area contributed by atoms with Gasteiger partial charge in [0.2, 0.25) is 5.82 Å². The van der Waals surface area contributed by atoms with E-state index in [1.54, 1.807) is 13.0 Å². The number of aromatic nitrogens is 2. The molecule has 0 atom stereocenters. The van der Waals surface area contributed by atoms with Crippen LogP contribution in [0, 0.1) is 18.3 Å². The van der Waals surface area contributed by atoms with E-state index in [9.17, 15) is 0 Å². The van der Waals surface area contributed by atoms with Crippen molar-refractivity contribution in [3.63, 3.8) is 0 Å². The smallest absolute Gasteiger partial charge is 0.422 e. The standard InChI is InChI=1S/C6H6BN3O2/c1-4-2-5(7(11)12)10-6(3-8)9-4/h2,11-12H,1H3. The first-order chi connectivity index (χ1) is 5.63. The molecule has 0 aliphatic carbocycles. The van der Waals surface area contributed by atoms with Crippen molar-refractivity contribution in [3.05, 3.63) is 17.6 Å². The molecule has 0 aliphatic rings. The molecule has 0 amide bonds. The van der Waals surface area contributed by atoms with Crippen molar-refractivity contribution in [2.24, 2.45) is 0 Å². The zero-order valence-corrected chi connectivity index (χ0v) is 6.39. The first-order valence-corrected chi connectivity index (χ1v) is 3.25. The van der Waals surface area contributed by atoms with Gasteiger partial charge in [0, 0.05) is 5.69 Å². The second-order valence-corrected chi connectivity index (χ2v) is 2.24. The molecule has 0 saturated carbocycles. The summed E-state index contributed by atoms with van der Waals surface area (Å²) in [6, 6.07) is 3.13. The average molecular weight is 163 g/mol. The van der Waals surface area contributed by atoms with Crippen LogP contribution in [-0.2, 0) is 0 Å². The maximum Gasteiger partial charge on any atom is 0.508 e. The van der Waals surface area contributed by atoms with Crippen LogP contribution in [0.5, 0.6) is 0 Å². The highest BCUT2D eigenvalue weighted by atomic mass is 16.4. The van der Waals surface area contributed by atoms with Crippen molar-refractivity contribution in [2.45, 2.75) is 6.92 Å². The molecule has 0 aromatic carbocycles. The van der Waals surface area contributed by atoms with Gasteiger partial charge >= 0.3 is 7.12 Å². The minimum Gasteiger partial charge on any atom is -0.422 e. The van der Waals surface area contributed by atoms with Gasteiger partial charge in [-0.3, -0.25) is 0 Å². The molecule has 1 heterocycles. The Hall–Kier alpha value is -1.45. The Morgan fingerprint density at radius 3 is 2.67 bits per heavy atom. The summed E-state index contributed by atoms with van der Waals surface area (Å²) >= 11 is 0. The van der Waals surface area contributed by atoms with Gasteiger partial charge in [0.05, 0.1) is 5.59 Å².